The molecule has 3 rings (SSSR count). The summed E-state index contributed by atoms with van der Waals surface area (Å²) in [5.74, 6) is 0.596. The Balaban J connectivity index is 1.70. The van der Waals surface area contributed by atoms with Crippen LogP contribution in [0.3, 0.4) is 0 Å². The largest absolute Gasteiger partial charge is 0.493 e. The molecule has 8 nitrogen and oxygen atoms in total. The molecule has 0 radical (unpaired) electrons. The molecule has 0 aliphatic rings. The number of methoxy groups -OCH3 is 2. The SMILES string of the molecule is COc1cccc(-c2nc(COC(=O)c3ccc([N+](=O)[O-])cc3)cs2)c1OC. The average molecular weight is 400 g/mol. The van der Waals surface area contributed by atoms with Crippen LogP contribution in [-0.4, -0.2) is 30.1 Å². The molecular weight excluding hydrogens is 384 g/mol. The quantitative estimate of drug-likeness (QED) is 0.334. The van der Waals surface area contributed by atoms with Crippen LogP contribution in [0.25, 0.3) is 10.6 Å². The van der Waals surface area contributed by atoms with E-state index in [0.717, 1.165) is 5.56 Å². The molecule has 0 unspecified atom stereocenters. The third kappa shape index (κ3) is 4.09. The minimum Gasteiger partial charge on any atom is -0.493 e. The molecule has 1 aromatic heterocycles. The fourth-order valence-electron chi connectivity index (χ4n) is 2.49. The summed E-state index contributed by atoms with van der Waals surface area (Å²) in [6, 6.07) is 10.7. The first-order chi connectivity index (χ1) is 13.5. The lowest BCUT2D eigenvalue weighted by molar-refractivity contribution is -0.384. The lowest BCUT2D eigenvalue weighted by Crippen LogP contribution is -2.05. The number of nitro groups is 1. The minimum atomic E-state index is -0.580. The standard InChI is InChI=1S/C19H16N2O6S/c1-25-16-5-3-4-15(17(16)26-2)18-20-13(11-28-18)10-27-19(22)12-6-8-14(9-7-12)21(23)24/h3-9,11H,10H2,1-2H3. The number of carbonyl (C=O) groups is 1. The zero-order valence-corrected chi connectivity index (χ0v) is 15.9. The second-order valence-electron chi connectivity index (χ2n) is 5.57. The van der Waals surface area contributed by atoms with Gasteiger partial charge in [0.2, 0.25) is 0 Å². The number of ether oxygens (including phenoxy) is 3. The molecule has 0 spiro atoms. The van der Waals surface area contributed by atoms with Crippen LogP contribution in [0.1, 0.15) is 16.1 Å². The highest BCUT2D eigenvalue weighted by molar-refractivity contribution is 7.13. The summed E-state index contributed by atoms with van der Waals surface area (Å²) in [6.07, 6.45) is 0. The predicted molar refractivity (Wildman–Crippen MR) is 103 cm³/mol. The van der Waals surface area contributed by atoms with E-state index >= 15 is 0 Å². The number of nitrogens with zero attached hydrogens (tertiary/aromatic N) is 2. The number of carbonyl (C=O) groups excluding carboxylic acids is 1. The van der Waals surface area contributed by atoms with E-state index in [1.54, 1.807) is 25.7 Å². The Kier molecular flexibility index (Phi) is 5.85. The summed E-state index contributed by atoms with van der Waals surface area (Å²) < 4.78 is 16.0. The molecule has 2 aromatic carbocycles. The molecule has 9 heteroatoms. The number of hydrogen-bond acceptors (Lipinski definition) is 8. The Morgan fingerprint density at radius 3 is 2.54 bits per heavy atom. The zero-order valence-electron chi connectivity index (χ0n) is 15.1. The van der Waals surface area contributed by atoms with Gasteiger partial charge in [-0.1, -0.05) is 6.07 Å². The minimum absolute atomic E-state index is 0.0153. The van der Waals surface area contributed by atoms with Crippen molar-refractivity contribution in [2.24, 2.45) is 0 Å². The smallest absolute Gasteiger partial charge is 0.338 e. The zero-order chi connectivity index (χ0) is 20.1. The maximum Gasteiger partial charge on any atom is 0.338 e. The number of benzene rings is 2. The molecule has 144 valence electrons. The van der Waals surface area contributed by atoms with Gasteiger partial charge in [0, 0.05) is 17.5 Å². The molecule has 0 saturated carbocycles. The van der Waals surface area contributed by atoms with Crippen molar-refractivity contribution in [1.29, 1.82) is 0 Å². The van der Waals surface area contributed by atoms with E-state index in [0.29, 0.717) is 22.2 Å². The molecule has 1 heterocycles. The highest BCUT2D eigenvalue weighted by Gasteiger charge is 2.16. The highest BCUT2D eigenvalue weighted by Crippen LogP contribution is 2.39. The summed E-state index contributed by atoms with van der Waals surface area (Å²) in [4.78, 5) is 26.7. The highest BCUT2D eigenvalue weighted by atomic mass is 32.1. The van der Waals surface area contributed by atoms with Gasteiger partial charge in [0.15, 0.2) is 11.5 Å². The molecule has 0 aliphatic heterocycles. The number of rotatable bonds is 7. The number of aromatic nitrogens is 1. The van der Waals surface area contributed by atoms with E-state index in [1.807, 2.05) is 12.1 Å². The van der Waals surface area contributed by atoms with Crippen LogP contribution in [0.15, 0.2) is 47.8 Å². The molecule has 28 heavy (non-hydrogen) atoms. The van der Waals surface area contributed by atoms with Crippen molar-refractivity contribution in [3.05, 3.63) is 69.2 Å². The van der Waals surface area contributed by atoms with Crippen LogP contribution in [0.2, 0.25) is 0 Å². The Morgan fingerprint density at radius 1 is 1.14 bits per heavy atom. The van der Waals surface area contributed by atoms with Crippen molar-refractivity contribution in [3.63, 3.8) is 0 Å². The van der Waals surface area contributed by atoms with Gasteiger partial charge in [0.25, 0.3) is 5.69 Å². The van der Waals surface area contributed by atoms with Crippen LogP contribution in [0.4, 0.5) is 5.69 Å². The Bertz CT molecular complexity index is 1000. The van der Waals surface area contributed by atoms with Gasteiger partial charge in [-0.2, -0.15) is 0 Å². The molecule has 0 N–H and O–H groups in total. The lowest BCUT2D eigenvalue weighted by atomic mass is 10.2. The van der Waals surface area contributed by atoms with Gasteiger partial charge in [0.05, 0.1) is 36.0 Å². The van der Waals surface area contributed by atoms with Crippen molar-refractivity contribution < 1.29 is 23.9 Å². The second kappa shape index (κ2) is 8.49. The molecular formula is C19H16N2O6S. The molecule has 0 bridgehead atoms. The maximum atomic E-state index is 12.1. The van der Waals surface area contributed by atoms with Crippen LogP contribution < -0.4 is 9.47 Å². The number of thiazole rings is 1. The summed E-state index contributed by atoms with van der Waals surface area (Å²) in [7, 11) is 3.12. The van der Waals surface area contributed by atoms with Gasteiger partial charge in [0.1, 0.15) is 11.6 Å². The van der Waals surface area contributed by atoms with Crippen LogP contribution in [0.5, 0.6) is 11.5 Å². The number of hydrogen-bond donors (Lipinski definition) is 0. The van der Waals surface area contributed by atoms with Crippen LogP contribution >= 0.6 is 11.3 Å². The van der Waals surface area contributed by atoms with E-state index in [1.165, 1.54) is 35.6 Å². The molecule has 0 amide bonds. The third-order valence-corrected chi connectivity index (χ3v) is 4.77. The van der Waals surface area contributed by atoms with Gasteiger partial charge < -0.3 is 14.2 Å². The van der Waals surface area contributed by atoms with Crippen LogP contribution in [-0.2, 0) is 11.3 Å². The number of esters is 1. The van der Waals surface area contributed by atoms with Gasteiger partial charge in [-0.15, -0.1) is 11.3 Å². The van der Waals surface area contributed by atoms with Crippen molar-refractivity contribution in [3.8, 4) is 22.1 Å². The molecule has 3 aromatic rings. The normalized spacial score (nSPS) is 10.4. The first kappa shape index (κ1) is 19.3. The van der Waals surface area contributed by atoms with Gasteiger partial charge >= 0.3 is 5.97 Å². The summed E-state index contributed by atoms with van der Waals surface area (Å²) >= 11 is 1.39. The van der Waals surface area contributed by atoms with E-state index in [9.17, 15) is 14.9 Å². The van der Waals surface area contributed by atoms with Crippen LogP contribution in [0, 0.1) is 10.1 Å². The summed E-state index contributed by atoms with van der Waals surface area (Å²) in [5, 5.41) is 13.2. The topological polar surface area (TPSA) is 101 Å². The van der Waals surface area contributed by atoms with E-state index < -0.39 is 10.9 Å². The Hall–Kier alpha value is -3.46. The molecule has 0 aliphatic carbocycles. The number of nitro benzene ring substituents is 1. The van der Waals surface area contributed by atoms with Gasteiger partial charge in [-0.05, 0) is 24.3 Å². The van der Waals surface area contributed by atoms with Gasteiger partial charge in [-0.25, -0.2) is 9.78 Å². The fraction of sp³-hybridized carbons (Fsp3) is 0.158. The first-order valence-electron chi connectivity index (χ1n) is 8.11. The monoisotopic (exact) mass is 400 g/mol. The molecule has 0 atom stereocenters. The summed E-state index contributed by atoms with van der Waals surface area (Å²) in [5.41, 5.74) is 1.50. The second-order valence-corrected chi connectivity index (χ2v) is 6.42. The van der Waals surface area contributed by atoms with Crippen molar-refractivity contribution in [2.75, 3.05) is 14.2 Å². The molecule has 0 fully saturated rings. The van der Waals surface area contributed by atoms with E-state index in [-0.39, 0.29) is 17.9 Å². The number of non-ortho nitro benzene ring substituents is 1. The molecule has 0 saturated heterocycles. The Morgan fingerprint density at radius 2 is 1.89 bits per heavy atom. The Labute approximate surface area is 164 Å². The van der Waals surface area contributed by atoms with E-state index in [4.69, 9.17) is 14.2 Å². The van der Waals surface area contributed by atoms with Gasteiger partial charge in [-0.3, -0.25) is 10.1 Å². The fourth-order valence-corrected chi connectivity index (χ4v) is 3.32. The average Bonchev–Trinajstić information content (AvgIpc) is 3.20. The third-order valence-electron chi connectivity index (χ3n) is 3.85. The van der Waals surface area contributed by atoms with Crippen molar-refractivity contribution >= 4 is 23.0 Å². The maximum absolute atomic E-state index is 12.1. The first-order valence-corrected chi connectivity index (χ1v) is 8.98. The number of para-hydroxylation sites is 1. The van der Waals surface area contributed by atoms with Crippen molar-refractivity contribution in [1.82, 2.24) is 4.98 Å². The summed E-state index contributed by atoms with van der Waals surface area (Å²) in [6.45, 7) is -0.0153. The van der Waals surface area contributed by atoms with Crippen molar-refractivity contribution in [2.45, 2.75) is 6.61 Å². The van der Waals surface area contributed by atoms with E-state index in [2.05, 4.69) is 4.98 Å². The lowest BCUT2D eigenvalue weighted by Gasteiger charge is -2.10. The predicted octanol–water partition coefficient (Wildman–Crippen LogP) is 4.09.